The minimum atomic E-state index is 0.134. The normalized spacial score (nSPS) is 11.1. The van der Waals surface area contributed by atoms with Crippen LogP contribution in [0.3, 0.4) is 0 Å². The Hall–Kier alpha value is -0.570. The van der Waals surface area contributed by atoms with E-state index in [1.165, 1.54) is 0 Å². The average Bonchev–Trinajstić information content (AvgIpc) is 1.80. The topological polar surface area (TPSA) is 44.6 Å². The van der Waals surface area contributed by atoms with Crippen LogP contribution in [-0.4, -0.2) is 24.5 Å². The smallest absolute Gasteiger partial charge is 0.0620 e. The first kappa shape index (κ1) is 8.43. The lowest BCUT2D eigenvalue weighted by atomic mass is 10.3. The molecule has 0 unspecified atom stereocenters. The van der Waals surface area contributed by atoms with Gasteiger partial charge in [-0.25, -0.2) is 0 Å². The number of nitrogens with zero attached hydrogens (tertiary/aromatic N) is 1. The van der Waals surface area contributed by atoms with Crippen molar-refractivity contribution in [3.8, 4) is 0 Å². The van der Waals surface area contributed by atoms with E-state index in [4.69, 9.17) is 5.11 Å². The van der Waals surface area contributed by atoms with E-state index in [1.54, 1.807) is 6.21 Å². The molecule has 0 spiro atoms. The molecule has 2 N–H and O–H groups in total. The van der Waals surface area contributed by atoms with Crippen molar-refractivity contribution in [2.24, 2.45) is 11.0 Å². The zero-order valence-electron chi connectivity index (χ0n) is 5.96. The Labute approximate surface area is 55.8 Å². The van der Waals surface area contributed by atoms with Crippen molar-refractivity contribution in [1.29, 1.82) is 0 Å². The zero-order valence-corrected chi connectivity index (χ0v) is 5.96. The molecule has 0 aromatic carbocycles. The molecule has 0 saturated carbocycles. The van der Waals surface area contributed by atoms with Crippen molar-refractivity contribution >= 4 is 6.21 Å². The lowest BCUT2D eigenvalue weighted by Gasteiger charge is -1.95. The van der Waals surface area contributed by atoms with Gasteiger partial charge >= 0.3 is 0 Å². The lowest BCUT2D eigenvalue weighted by molar-refractivity contribution is 0.293. The van der Waals surface area contributed by atoms with Crippen molar-refractivity contribution in [2.45, 2.75) is 13.8 Å². The van der Waals surface area contributed by atoms with E-state index in [-0.39, 0.29) is 6.61 Å². The summed E-state index contributed by atoms with van der Waals surface area (Å²) in [6, 6.07) is 0. The van der Waals surface area contributed by atoms with Gasteiger partial charge in [-0.3, -0.25) is 0 Å². The number of nitrogens with one attached hydrogen (secondary N) is 1. The fraction of sp³-hybridized carbons (Fsp3) is 0.833. The van der Waals surface area contributed by atoms with Crippen LogP contribution < -0.4 is 5.43 Å². The SMILES string of the molecule is CC(C)/C=N\NCCO. The highest BCUT2D eigenvalue weighted by atomic mass is 16.3. The second kappa shape index (κ2) is 5.56. The van der Waals surface area contributed by atoms with Crippen LogP contribution in [0.5, 0.6) is 0 Å². The van der Waals surface area contributed by atoms with Gasteiger partial charge in [0, 0.05) is 6.21 Å². The van der Waals surface area contributed by atoms with Gasteiger partial charge in [0.2, 0.25) is 0 Å². The summed E-state index contributed by atoms with van der Waals surface area (Å²) in [6.07, 6.45) is 1.80. The molecule has 0 rings (SSSR count). The molecule has 0 radical (unpaired) electrons. The summed E-state index contributed by atoms with van der Waals surface area (Å²) in [4.78, 5) is 0. The van der Waals surface area contributed by atoms with E-state index in [9.17, 15) is 0 Å². The molecule has 0 aromatic heterocycles. The summed E-state index contributed by atoms with van der Waals surface area (Å²) < 4.78 is 0. The van der Waals surface area contributed by atoms with Gasteiger partial charge in [-0.05, 0) is 5.92 Å². The van der Waals surface area contributed by atoms with Crippen LogP contribution in [0, 0.1) is 5.92 Å². The maximum Gasteiger partial charge on any atom is 0.0620 e. The van der Waals surface area contributed by atoms with Crippen molar-refractivity contribution in [3.63, 3.8) is 0 Å². The first-order valence-electron chi connectivity index (χ1n) is 3.14. The highest BCUT2D eigenvalue weighted by Gasteiger charge is 1.82. The Morgan fingerprint density at radius 3 is 2.78 bits per heavy atom. The van der Waals surface area contributed by atoms with Gasteiger partial charge in [-0.15, -0.1) is 0 Å². The van der Waals surface area contributed by atoms with E-state index < -0.39 is 0 Å². The summed E-state index contributed by atoms with van der Waals surface area (Å²) in [5, 5.41) is 12.1. The number of aliphatic hydroxyl groups is 1. The molecule has 0 fully saturated rings. The average molecular weight is 130 g/mol. The molecular weight excluding hydrogens is 116 g/mol. The number of hydrogen-bond acceptors (Lipinski definition) is 3. The second-order valence-electron chi connectivity index (χ2n) is 2.15. The molecule has 0 heterocycles. The number of rotatable bonds is 4. The van der Waals surface area contributed by atoms with E-state index in [1.807, 2.05) is 13.8 Å². The molecule has 0 aliphatic carbocycles. The monoisotopic (exact) mass is 130 g/mol. The molecule has 3 heteroatoms. The van der Waals surface area contributed by atoms with Crippen molar-refractivity contribution in [3.05, 3.63) is 0 Å². The molecule has 0 aliphatic rings. The third kappa shape index (κ3) is 7.43. The van der Waals surface area contributed by atoms with Crippen LogP contribution in [0.1, 0.15) is 13.8 Å². The Kier molecular flexibility index (Phi) is 5.21. The van der Waals surface area contributed by atoms with Crippen LogP contribution in [0.25, 0.3) is 0 Å². The molecule has 0 amide bonds. The fourth-order valence-electron chi connectivity index (χ4n) is 0.316. The zero-order chi connectivity index (χ0) is 7.11. The second-order valence-corrected chi connectivity index (χ2v) is 2.15. The Balaban J connectivity index is 3.04. The van der Waals surface area contributed by atoms with Gasteiger partial charge in [0.1, 0.15) is 0 Å². The van der Waals surface area contributed by atoms with Crippen molar-refractivity contribution < 1.29 is 5.11 Å². The van der Waals surface area contributed by atoms with Gasteiger partial charge in [0.05, 0.1) is 13.2 Å². The van der Waals surface area contributed by atoms with E-state index in [0.29, 0.717) is 12.5 Å². The Bertz CT molecular complexity index is 81.1. The largest absolute Gasteiger partial charge is 0.394 e. The van der Waals surface area contributed by atoms with Crippen LogP contribution in [0.15, 0.2) is 5.10 Å². The van der Waals surface area contributed by atoms with Gasteiger partial charge in [0.25, 0.3) is 0 Å². The van der Waals surface area contributed by atoms with Gasteiger partial charge in [0.15, 0.2) is 0 Å². The Morgan fingerprint density at radius 2 is 2.33 bits per heavy atom. The number of aliphatic hydroxyl groups excluding tert-OH is 1. The maximum atomic E-state index is 8.30. The van der Waals surface area contributed by atoms with Gasteiger partial charge in [-0.2, -0.15) is 5.10 Å². The molecule has 3 nitrogen and oxygen atoms in total. The third-order valence-electron chi connectivity index (χ3n) is 0.688. The van der Waals surface area contributed by atoms with Gasteiger partial charge < -0.3 is 10.5 Å². The minimum Gasteiger partial charge on any atom is -0.394 e. The summed E-state index contributed by atoms with van der Waals surface area (Å²) in [5.41, 5.74) is 2.69. The van der Waals surface area contributed by atoms with E-state index in [2.05, 4.69) is 10.5 Å². The Morgan fingerprint density at radius 1 is 1.67 bits per heavy atom. The van der Waals surface area contributed by atoms with Crippen LogP contribution in [-0.2, 0) is 0 Å². The highest BCUT2D eigenvalue weighted by molar-refractivity contribution is 5.58. The van der Waals surface area contributed by atoms with Crippen LogP contribution in [0.2, 0.25) is 0 Å². The van der Waals surface area contributed by atoms with Crippen molar-refractivity contribution in [1.82, 2.24) is 5.43 Å². The quantitative estimate of drug-likeness (QED) is 0.324. The fourth-order valence-corrected chi connectivity index (χ4v) is 0.316. The summed E-state index contributed by atoms with van der Waals surface area (Å²) >= 11 is 0. The molecule has 54 valence electrons. The molecule has 0 aliphatic heterocycles. The number of hydrogen-bond donors (Lipinski definition) is 2. The maximum absolute atomic E-state index is 8.30. The van der Waals surface area contributed by atoms with Gasteiger partial charge in [-0.1, -0.05) is 13.8 Å². The first-order valence-corrected chi connectivity index (χ1v) is 3.14. The van der Waals surface area contributed by atoms with Crippen molar-refractivity contribution in [2.75, 3.05) is 13.2 Å². The van der Waals surface area contributed by atoms with Crippen LogP contribution in [0.4, 0.5) is 0 Å². The summed E-state index contributed by atoms with van der Waals surface area (Å²) in [5.74, 6) is 0.469. The van der Waals surface area contributed by atoms with E-state index >= 15 is 0 Å². The molecule has 0 bridgehead atoms. The molecule has 0 saturated heterocycles. The predicted octanol–water partition coefficient (Wildman–Crippen LogP) is 0.210. The third-order valence-corrected chi connectivity index (χ3v) is 0.688. The lowest BCUT2D eigenvalue weighted by Crippen LogP contribution is -2.11. The minimum absolute atomic E-state index is 0.134. The summed E-state index contributed by atoms with van der Waals surface area (Å²) in [6.45, 7) is 4.76. The predicted molar refractivity (Wildman–Crippen MR) is 38.4 cm³/mol. The van der Waals surface area contributed by atoms with E-state index in [0.717, 1.165) is 0 Å². The number of hydrazone groups is 1. The van der Waals surface area contributed by atoms with Crippen LogP contribution >= 0.6 is 0 Å². The standard InChI is InChI=1S/C6H14N2O/c1-6(2)5-8-7-3-4-9/h5-7,9H,3-4H2,1-2H3/b8-5-. The molecular formula is C6H14N2O. The highest BCUT2D eigenvalue weighted by Crippen LogP contribution is 1.82. The molecule has 0 aromatic rings. The molecule has 9 heavy (non-hydrogen) atoms. The first-order chi connectivity index (χ1) is 4.27. The summed E-state index contributed by atoms with van der Waals surface area (Å²) in [7, 11) is 0. The molecule has 0 atom stereocenters.